The van der Waals surface area contributed by atoms with E-state index in [1.807, 2.05) is 0 Å². The van der Waals surface area contributed by atoms with Gasteiger partial charge >= 0.3 is 0 Å². The molecule has 1 unspecified atom stereocenters. The molecule has 4 N–H and O–H groups in total. The summed E-state index contributed by atoms with van der Waals surface area (Å²) in [5, 5.41) is 40.9. The Balaban J connectivity index is 1.30. The Labute approximate surface area is 238 Å². The molecule has 0 radical (unpaired) electrons. The van der Waals surface area contributed by atoms with Crippen LogP contribution in [0.4, 0.5) is 0 Å². The van der Waals surface area contributed by atoms with Crippen LogP contribution >= 0.6 is 0 Å². The molecule has 6 rings (SSSR count). The zero-order valence-electron chi connectivity index (χ0n) is 22.4. The van der Waals surface area contributed by atoms with Gasteiger partial charge in [0.2, 0.25) is 5.75 Å². The molecule has 0 saturated heterocycles. The molecule has 212 valence electrons. The number of carbonyl (C=O) groups is 1. The van der Waals surface area contributed by atoms with E-state index < -0.39 is 17.3 Å². The lowest BCUT2D eigenvalue weighted by atomic mass is 9.95. The maximum absolute atomic E-state index is 13.1. The second kappa shape index (κ2) is 10.1. The Morgan fingerprint density at radius 3 is 2.29 bits per heavy atom. The largest absolute Gasteiger partial charge is 0.508 e. The second-order valence-electron chi connectivity index (χ2n) is 9.80. The normalized spacial score (nSPS) is 14.3. The summed E-state index contributed by atoms with van der Waals surface area (Å²) in [4.78, 5) is 25.8. The van der Waals surface area contributed by atoms with E-state index in [2.05, 4.69) is 0 Å². The minimum Gasteiger partial charge on any atom is -0.508 e. The van der Waals surface area contributed by atoms with E-state index in [0.29, 0.717) is 11.1 Å². The lowest BCUT2D eigenvalue weighted by Gasteiger charge is -2.27. The van der Waals surface area contributed by atoms with E-state index >= 15 is 0 Å². The van der Waals surface area contributed by atoms with Crippen molar-refractivity contribution >= 4 is 16.8 Å². The molecule has 1 aliphatic rings. The van der Waals surface area contributed by atoms with Crippen molar-refractivity contribution in [3.8, 4) is 57.3 Å². The van der Waals surface area contributed by atoms with Crippen LogP contribution in [-0.2, 0) is 0 Å². The van der Waals surface area contributed by atoms with E-state index in [0.717, 1.165) is 0 Å². The van der Waals surface area contributed by atoms with Crippen LogP contribution in [0.15, 0.2) is 75.9 Å². The quantitative estimate of drug-likeness (QED) is 0.195. The number of benzene rings is 4. The van der Waals surface area contributed by atoms with Crippen molar-refractivity contribution in [1.29, 1.82) is 0 Å². The summed E-state index contributed by atoms with van der Waals surface area (Å²) in [6.07, 6.45) is -0.640. The predicted octanol–water partition coefficient (Wildman–Crippen LogP) is 6.10. The average molecular weight is 569 g/mol. The van der Waals surface area contributed by atoms with Gasteiger partial charge in [-0.1, -0.05) is 12.1 Å². The van der Waals surface area contributed by atoms with Gasteiger partial charge in [0.25, 0.3) is 0 Å². The fourth-order valence-corrected chi connectivity index (χ4v) is 4.89. The molecule has 10 nitrogen and oxygen atoms in total. The molecular formula is C32H24O10. The first-order valence-corrected chi connectivity index (χ1v) is 12.8. The topological polar surface area (TPSA) is 156 Å². The van der Waals surface area contributed by atoms with Crippen LogP contribution in [0.1, 0.15) is 34.0 Å². The van der Waals surface area contributed by atoms with Crippen molar-refractivity contribution in [3.05, 3.63) is 93.6 Å². The monoisotopic (exact) mass is 568 g/mol. The third-order valence-electron chi connectivity index (χ3n) is 7.17. The van der Waals surface area contributed by atoms with E-state index in [9.17, 15) is 30.0 Å². The number of rotatable bonds is 5. The first-order valence-electron chi connectivity index (χ1n) is 12.8. The lowest BCUT2D eigenvalue weighted by molar-refractivity contribution is 0.0843. The summed E-state index contributed by atoms with van der Waals surface area (Å²) in [5.41, 5.74) is 0.896. The van der Waals surface area contributed by atoms with Crippen LogP contribution < -0.4 is 19.6 Å². The van der Waals surface area contributed by atoms with Gasteiger partial charge in [0, 0.05) is 29.3 Å². The van der Waals surface area contributed by atoms with Gasteiger partial charge in [0.1, 0.15) is 57.1 Å². The molecule has 1 aromatic heterocycles. The van der Waals surface area contributed by atoms with Gasteiger partial charge in [-0.05, 0) is 48.9 Å². The summed E-state index contributed by atoms with van der Waals surface area (Å²) in [5.74, 6) is -0.573. The summed E-state index contributed by atoms with van der Waals surface area (Å²) < 4.78 is 23.2. The molecule has 10 heteroatoms. The molecule has 4 aromatic carbocycles. The van der Waals surface area contributed by atoms with Crippen LogP contribution in [0.2, 0.25) is 0 Å². The first-order chi connectivity index (χ1) is 20.1. The summed E-state index contributed by atoms with van der Waals surface area (Å²) in [6.45, 7) is 1.49. The summed E-state index contributed by atoms with van der Waals surface area (Å²) in [6, 6.07) is 16.7. The fourth-order valence-electron chi connectivity index (χ4n) is 4.89. The molecule has 42 heavy (non-hydrogen) atoms. The molecule has 5 aromatic rings. The van der Waals surface area contributed by atoms with Crippen molar-refractivity contribution in [2.24, 2.45) is 0 Å². The van der Waals surface area contributed by atoms with Gasteiger partial charge in [0.05, 0.1) is 13.5 Å². The number of carbonyl (C=O) groups excluding carboxylic acids is 1. The van der Waals surface area contributed by atoms with Gasteiger partial charge in [-0.15, -0.1) is 0 Å². The highest BCUT2D eigenvalue weighted by Crippen LogP contribution is 2.50. The van der Waals surface area contributed by atoms with E-state index in [-0.39, 0.29) is 80.3 Å². The Bertz CT molecular complexity index is 1920. The zero-order chi connectivity index (χ0) is 29.7. The first kappa shape index (κ1) is 26.6. The average Bonchev–Trinajstić information content (AvgIpc) is 2.97. The molecule has 0 amide bonds. The fraction of sp³-hybridized carbons (Fsp3) is 0.125. The summed E-state index contributed by atoms with van der Waals surface area (Å²) in [7, 11) is 1.39. The number of aromatic hydroxyl groups is 4. The Hall–Kier alpha value is -5.64. The smallest absolute Gasteiger partial charge is 0.211 e. The van der Waals surface area contributed by atoms with Gasteiger partial charge in [0.15, 0.2) is 22.7 Å². The number of ketones is 1. The van der Waals surface area contributed by atoms with Crippen LogP contribution in [0.25, 0.3) is 22.3 Å². The molecule has 0 bridgehead atoms. The van der Waals surface area contributed by atoms with E-state index in [1.54, 1.807) is 36.4 Å². The molecule has 1 aliphatic heterocycles. The lowest BCUT2D eigenvalue weighted by Crippen LogP contribution is -2.20. The van der Waals surface area contributed by atoms with Gasteiger partial charge in [-0.2, -0.15) is 0 Å². The third-order valence-corrected chi connectivity index (χ3v) is 7.17. The summed E-state index contributed by atoms with van der Waals surface area (Å²) >= 11 is 0. The van der Waals surface area contributed by atoms with Gasteiger partial charge in [-0.3, -0.25) is 9.59 Å². The maximum Gasteiger partial charge on any atom is 0.211 e. The number of phenols is 4. The SMILES string of the molecule is COc1cc2c(c(O)c1Oc1ccc(-c3cc(=O)c4c(O)c(C)c(O)cc4o3)cc1)C(=O)CC(c1ccc(O)cc1)O2. The van der Waals surface area contributed by atoms with Crippen molar-refractivity contribution in [1.82, 2.24) is 0 Å². The number of ether oxygens (including phenoxy) is 3. The van der Waals surface area contributed by atoms with E-state index in [1.165, 1.54) is 44.4 Å². The highest BCUT2D eigenvalue weighted by Gasteiger charge is 2.34. The number of methoxy groups -OCH3 is 1. The van der Waals surface area contributed by atoms with Gasteiger partial charge in [-0.25, -0.2) is 0 Å². The zero-order valence-corrected chi connectivity index (χ0v) is 22.4. The van der Waals surface area contributed by atoms with Crippen molar-refractivity contribution in [3.63, 3.8) is 0 Å². The number of hydrogen-bond acceptors (Lipinski definition) is 10. The Morgan fingerprint density at radius 2 is 1.60 bits per heavy atom. The highest BCUT2D eigenvalue weighted by atomic mass is 16.5. The van der Waals surface area contributed by atoms with E-state index in [4.69, 9.17) is 18.6 Å². The van der Waals surface area contributed by atoms with Crippen LogP contribution in [0.5, 0.6) is 46.0 Å². The van der Waals surface area contributed by atoms with Crippen LogP contribution in [-0.4, -0.2) is 33.3 Å². The maximum atomic E-state index is 13.1. The molecule has 0 aliphatic carbocycles. The minimum atomic E-state index is -0.610. The Kier molecular flexibility index (Phi) is 6.38. The molecule has 2 heterocycles. The van der Waals surface area contributed by atoms with Crippen LogP contribution in [0, 0.1) is 6.92 Å². The minimum absolute atomic E-state index is 0.0293. The van der Waals surface area contributed by atoms with Crippen molar-refractivity contribution < 1.29 is 43.8 Å². The Morgan fingerprint density at radius 1 is 0.881 bits per heavy atom. The molecular weight excluding hydrogens is 544 g/mol. The molecule has 1 atom stereocenters. The van der Waals surface area contributed by atoms with Crippen molar-refractivity contribution in [2.75, 3.05) is 7.11 Å². The molecule has 0 saturated carbocycles. The van der Waals surface area contributed by atoms with Crippen molar-refractivity contribution in [2.45, 2.75) is 19.4 Å². The third kappa shape index (κ3) is 4.48. The number of fused-ring (bicyclic) bond motifs is 2. The van der Waals surface area contributed by atoms with Crippen LogP contribution in [0.3, 0.4) is 0 Å². The highest BCUT2D eigenvalue weighted by molar-refractivity contribution is 6.03. The standard InChI is InChI=1S/C32H24O10/c1-15-20(34)11-25-28(30(15)37)21(35)12-24(41-25)17-5-9-19(10-6-17)40-32-27(39-2)14-26-29(31(32)38)22(36)13-23(42-26)16-3-7-18(33)8-4-16/h3-12,14,23,33-34,37-38H,13H2,1-2H3. The predicted molar refractivity (Wildman–Crippen MR) is 151 cm³/mol. The molecule has 0 fully saturated rings. The van der Waals surface area contributed by atoms with Gasteiger partial charge < -0.3 is 39.1 Å². The second-order valence-corrected chi connectivity index (χ2v) is 9.80. The molecule has 0 spiro atoms. The number of phenolic OH excluding ortho intramolecular Hbond substituents is 4. The number of Topliss-reactive ketones (excluding diaryl/α,β-unsaturated/α-hetero) is 1. The number of hydrogen-bond donors (Lipinski definition) is 4.